The number of piperazine rings is 1. The fourth-order valence-corrected chi connectivity index (χ4v) is 4.47. The summed E-state index contributed by atoms with van der Waals surface area (Å²) in [4.78, 5) is 41.2. The number of amides is 3. The summed E-state index contributed by atoms with van der Waals surface area (Å²) in [6.07, 6.45) is -2.94. The molecule has 1 aliphatic heterocycles. The van der Waals surface area contributed by atoms with Gasteiger partial charge in [0.05, 0.1) is 11.1 Å². The maximum Gasteiger partial charge on any atom is 0.394 e. The second-order valence-electron chi connectivity index (χ2n) is 11.2. The molecule has 7 nitrogen and oxygen atoms in total. The van der Waals surface area contributed by atoms with E-state index in [1.807, 2.05) is 6.07 Å². The van der Waals surface area contributed by atoms with Gasteiger partial charge in [0.15, 0.2) is 5.78 Å². The molecule has 0 aromatic heterocycles. The van der Waals surface area contributed by atoms with Crippen LogP contribution < -0.4 is 10.6 Å². The SMILES string of the molecule is CC(C)(CC(=O)c1cccc(CN2CCN(C(=O)c3ccc(NC(=O)NCC4CC4)c(F)c3)CC2)c1)C(F)(F)F.Cl. The minimum absolute atomic E-state index is 0. The predicted octanol–water partition coefficient (Wildman–Crippen LogP) is 5.90. The van der Waals surface area contributed by atoms with Crippen LogP contribution in [0.15, 0.2) is 42.5 Å². The summed E-state index contributed by atoms with van der Waals surface area (Å²) in [5.41, 5.74) is -0.904. The molecule has 2 N–H and O–H groups in total. The highest BCUT2D eigenvalue weighted by atomic mass is 35.5. The van der Waals surface area contributed by atoms with Crippen molar-refractivity contribution in [1.82, 2.24) is 15.1 Å². The standard InChI is InChI=1S/C29H34F4N4O3.ClH/c1-28(2,29(31,32)33)16-25(38)21-5-3-4-20(14-21)18-36-10-12-37(13-11-36)26(39)22-8-9-24(23(30)15-22)35-27(40)34-17-19-6-7-19;/h3-5,8-9,14-15,19H,6-7,10-13,16-18H2,1-2H3,(H2,34,35,40);1H. The average molecular weight is 599 g/mol. The normalized spacial score (nSPS) is 16.1. The molecule has 2 aliphatic rings. The van der Waals surface area contributed by atoms with Crippen LogP contribution in [0.3, 0.4) is 0 Å². The number of urea groups is 1. The third-order valence-electron chi connectivity index (χ3n) is 7.40. The maximum atomic E-state index is 14.6. The Morgan fingerprint density at radius 2 is 1.63 bits per heavy atom. The van der Waals surface area contributed by atoms with Crippen molar-refractivity contribution in [2.45, 2.75) is 45.8 Å². The van der Waals surface area contributed by atoms with Crippen molar-refractivity contribution in [1.29, 1.82) is 0 Å². The van der Waals surface area contributed by atoms with Crippen molar-refractivity contribution in [2.75, 3.05) is 38.0 Å². The van der Waals surface area contributed by atoms with E-state index in [-0.39, 0.29) is 35.1 Å². The first-order chi connectivity index (χ1) is 18.8. The van der Waals surface area contributed by atoms with Crippen LogP contribution in [0.2, 0.25) is 0 Å². The number of rotatable bonds is 9. The second-order valence-corrected chi connectivity index (χ2v) is 11.2. The Kier molecular flexibility index (Phi) is 10.4. The van der Waals surface area contributed by atoms with Gasteiger partial charge in [-0.1, -0.05) is 32.0 Å². The van der Waals surface area contributed by atoms with Gasteiger partial charge < -0.3 is 15.5 Å². The van der Waals surface area contributed by atoms with E-state index >= 15 is 0 Å². The van der Waals surface area contributed by atoms with E-state index in [1.54, 1.807) is 17.0 Å². The molecule has 0 atom stereocenters. The fourth-order valence-electron chi connectivity index (χ4n) is 4.47. The van der Waals surface area contributed by atoms with E-state index in [0.29, 0.717) is 45.2 Å². The minimum atomic E-state index is -4.48. The van der Waals surface area contributed by atoms with Crippen LogP contribution in [0, 0.1) is 17.2 Å². The Hall–Kier alpha value is -3.18. The van der Waals surface area contributed by atoms with Gasteiger partial charge >= 0.3 is 12.2 Å². The van der Waals surface area contributed by atoms with Gasteiger partial charge in [-0.15, -0.1) is 12.4 Å². The third kappa shape index (κ3) is 8.65. The number of hydrogen-bond donors (Lipinski definition) is 2. The van der Waals surface area contributed by atoms with E-state index in [4.69, 9.17) is 0 Å². The van der Waals surface area contributed by atoms with E-state index in [0.717, 1.165) is 38.3 Å². The molecule has 1 aliphatic carbocycles. The summed E-state index contributed by atoms with van der Waals surface area (Å²) in [5.74, 6) is -1.08. The Morgan fingerprint density at radius 3 is 2.24 bits per heavy atom. The van der Waals surface area contributed by atoms with Crippen molar-refractivity contribution < 1.29 is 31.9 Å². The zero-order valence-electron chi connectivity index (χ0n) is 23.0. The molecule has 2 aromatic carbocycles. The molecule has 4 rings (SSSR count). The number of nitrogens with one attached hydrogen (secondary N) is 2. The first kappa shape index (κ1) is 32.3. The Bertz CT molecular complexity index is 1260. The molecule has 12 heteroatoms. The highest BCUT2D eigenvalue weighted by molar-refractivity contribution is 5.97. The van der Waals surface area contributed by atoms with Crippen LogP contribution in [0.5, 0.6) is 0 Å². The van der Waals surface area contributed by atoms with Gasteiger partial charge in [0.1, 0.15) is 5.82 Å². The van der Waals surface area contributed by atoms with Crippen LogP contribution in [0.1, 0.15) is 59.4 Å². The van der Waals surface area contributed by atoms with E-state index in [9.17, 15) is 31.9 Å². The van der Waals surface area contributed by atoms with Gasteiger partial charge in [0, 0.05) is 56.8 Å². The molecule has 41 heavy (non-hydrogen) atoms. The molecular weight excluding hydrogens is 564 g/mol. The average Bonchev–Trinajstić information content (AvgIpc) is 3.73. The number of hydrogen-bond acceptors (Lipinski definition) is 4. The zero-order chi connectivity index (χ0) is 29.1. The number of halogens is 5. The summed E-state index contributed by atoms with van der Waals surface area (Å²) in [6.45, 7) is 4.95. The Morgan fingerprint density at radius 1 is 0.951 bits per heavy atom. The van der Waals surface area contributed by atoms with E-state index in [2.05, 4.69) is 15.5 Å². The monoisotopic (exact) mass is 598 g/mol. The molecule has 0 bridgehead atoms. The molecule has 224 valence electrons. The molecule has 2 aromatic rings. The molecule has 2 fully saturated rings. The Labute approximate surface area is 243 Å². The smallest absolute Gasteiger partial charge is 0.338 e. The lowest BCUT2D eigenvalue weighted by Crippen LogP contribution is -2.48. The summed E-state index contributed by atoms with van der Waals surface area (Å²) < 4.78 is 54.2. The van der Waals surface area contributed by atoms with Crippen LogP contribution in [-0.4, -0.2) is 66.4 Å². The van der Waals surface area contributed by atoms with Gasteiger partial charge in [-0.2, -0.15) is 13.2 Å². The molecule has 1 heterocycles. The molecule has 1 saturated carbocycles. The van der Waals surface area contributed by atoms with Gasteiger partial charge in [0.25, 0.3) is 5.91 Å². The molecule has 1 saturated heterocycles. The lowest BCUT2D eigenvalue weighted by Gasteiger charge is -2.35. The number of alkyl halides is 3. The number of carbonyl (C=O) groups is 3. The van der Waals surface area contributed by atoms with Gasteiger partial charge in [-0.25, -0.2) is 9.18 Å². The van der Waals surface area contributed by atoms with Crippen LogP contribution >= 0.6 is 12.4 Å². The number of benzene rings is 2. The number of Topliss-reactive ketones (excluding diaryl/α,β-unsaturated/α-hetero) is 1. The highest BCUT2D eigenvalue weighted by Gasteiger charge is 2.48. The first-order valence-electron chi connectivity index (χ1n) is 13.4. The Balaban J connectivity index is 0.00000462. The van der Waals surface area contributed by atoms with Gasteiger partial charge in [-0.05, 0) is 48.6 Å². The fraction of sp³-hybridized carbons (Fsp3) is 0.483. The number of ketones is 1. The van der Waals surface area contributed by atoms with Crippen molar-refractivity contribution in [3.8, 4) is 0 Å². The summed E-state index contributed by atoms with van der Waals surface area (Å²) in [5, 5.41) is 5.17. The van der Waals surface area contributed by atoms with Crippen LogP contribution in [0.25, 0.3) is 0 Å². The second kappa shape index (κ2) is 13.2. The van der Waals surface area contributed by atoms with E-state index in [1.165, 1.54) is 18.2 Å². The summed E-state index contributed by atoms with van der Waals surface area (Å²) in [7, 11) is 0. The van der Waals surface area contributed by atoms with Crippen molar-refractivity contribution in [3.05, 3.63) is 65.0 Å². The van der Waals surface area contributed by atoms with E-state index < -0.39 is 35.6 Å². The van der Waals surface area contributed by atoms with Crippen molar-refractivity contribution >= 4 is 35.8 Å². The number of anilines is 1. The topological polar surface area (TPSA) is 81.8 Å². The molecule has 0 radical (unpaired) electrons. The molecule has 0 unspecified atom stereocenters. The number of nitrogens with zero attached hydrogens (tertiary/aromatic N) is 2. The molecule has 3 amide bonds. The van der Waals surface area contributed by atoms with Crippen molar-refractivity contribution in [3.63, 3.8) is 0 Å². The minimum Gasteiger partial charge on any atom is -0.338 e. The summed E-state index contributed by atoms with van der Waals surface area (Å²) in [6, 6.07) is 10.1. The van der Waals surface area contributed by atoms with Gasteiger partial charge in [0.2, 0.25) is 0 Å². The largest absolute Gasteiger partial charge is 0.394 e. The van der Waals surface area contributed by atoms with Crippen molar-refractivity contribution in [2.24, 2.45) is 11.3 Å². The predicted molar refractivity (Wildman–Crippen MR) is 150 cm³/mol. The zero-order valence-corrected chi connectivity index (χ0v) is 23.8. The van der Waals surface area contributed by atoms with Crippen LogP contribution in [-0.2, 0) is 6.54 Å². The lowest BCUT2D eigenvalue weighted by molar-refractivity contribution is -0.210. The van der Waals surface area contributed by atoms with Gasteiger partial charge in [-0.3, -0.25) is 14.5 Å². The quantitative estimate of drug-likeness (QED) is 0.278. The van der Waals surface area contributed by atoms with Crippen LogP contribution in [0.4, 0.5) is 28.0 Å². The molecular formula is C29H35ClF4N4O3. The first-order valence-corrected chi connectivity index (χ1v) is 13.4. The highest BCUT2D eigenvalue weighted by Crippen LogP contribution is 2.41. The molecule has 0 spiro atoms. The summed E-state index contributed by atoms with van der Waals surface area (Å²) >= 11 is 0. The lowest BCUT2D eigenvalue weighted by atomic mass is 9.84. The number of carbonyl (C=O) groups excluding carboxylic acids is 3. The third-order valence-corrected chi connectivity index (χ3v) is 7.40. The maximum absolute atomic E-state index is 14.6.